The molecule has 13 heavy (non-hydrogen) atoms. The van der Waals surface area contributed by atoms with Gasteiger partial charge in [-0.15, -0.1) is 11.6 Å². The van der Waals surface area contributed by atoms with Gasteiger partial charge in [0.05, 0.1) is 12.1 Å². The van der Waals surface area contributed by atoms with Crippen LogP contribution in [0.15, 0.2) is 17.0 Å². The Hall–Kier alpha value is -1.36. The maximum Gasteiger partial charge on any atom is 0.181 e. The molecule has 0 atom stereocenters. The number of oxazole rings is 1. The zero-order valence-corrected chi connectivity index (χ0v) is 7.69. The first-order chi connectivity index (χ1) is 6.31. The summed E-state index contributed by atoms with van der Waals surface area (Å²) in [4.78, 5) is 5.40. The van der Waals surface area contributed by atoms with Crippen molar-refractivity contribution in [1.82, 2.24) is 20.0 Å². The Morgan fingerprint density at radius 3 is 3.08 bits per heavy atom. The Bertz CT molecular complexity index is 408. The van der Waals surface area contributed by atoms with Gasteiger partial charge in [0.2, 0.25) is 0 Å². The molecule has 2 aromatic heterocycles. The lowest BCUT2D eigenvalue weighted by atomic mass is 10.3. The quantitative estimate of drug-likeness (QED) is 0.681. The summed E-state index contributed by atoms with van der Waals surface area (Å²) in [6.07, 6.45) is 2.96. The molecule has 0 amide bonds. The number of hydrogen-bond donors (Lipinski definition) is 0. The van der Waals surface area contributed by atoms with Crippen molar-refractivity contribution in [3.05, 3.63) is 18.3 Å². The van der Waals surface area contributed by atoms with E-state index in [1.54, 1.807) is 13.2 Å². The van der Waals surface area contributed by atoms with Crippen molar-refractivity contribution < 1.29 is 4.42 Å². The van der Waals surface area contributed by atoms with Gasteiger partial charge in [-0.2, -0.15) is 15.0 Å². The van der Waals surface area contributed by atoms with E-state index in [1.807, 2.05) is 0 Å². The van der Waals surface area contributed by atoms with E-state index in [0.717, 1.165) is 0 Å². The van der Waals surface area contributed by atoms with Crippen molar-refractivity contribution in [2.45, 2.75) is 5.88 Å². The monoisotopic (exact) mass is 198 g/mol. The Labute approximate surface area is 79.3 Å². The normalized spacial score (nSPS) is 10.6. The number of hydrogen-bond acceptors (Lipinski definition) is 4. The summed E-state index contributed by atoms with van der Waals surface area (Å²) in [5, 5.41) is 8.00. The fraction of sp³-hybridized carbons (Fsp3) is 0.286. The van der Waals surface area contributed by atoms with Gasteiger partial charge >= 0.3 is 0 Å². The van der Waals surface area contributed by atoms with Crippen LogP contribution in [0.25, 0.3) is 11.5 Å². The summed E-state index contributed by atoms with van der Waals surface area (Å²) >= 11 is 5.65. The third kappa shape index (κ3) is 1.42. The largest absolute Gasteiger partial charge is 0.441 e. The molecule has 2 heterocycles. The van der Waals surface area contributed by atoms with E-state index < -0.39 is 0 Å². The van der Waals surface area contributed by atoms with Gasteiger partial charge in [0.1, 0.15) is 11.4 Å². The van der Waals surface area contributed by atoms with Gasteiger partial charge in [0, 0.05) is 7.05 Å². The van der Waals surface area contributed by atoms with Gasteiger partial charge in [0.25, 0.3) is 0 Å². The lowest BCUT2D eigenvalue weighted by Crippen LogP contribution is -1.92. The third-order valence-corrected chi connectivity index (χ3v) is 1.85. The smallest absolute Gasteiger partial charge is 0.181 e. The highest BCUT2D eigenvalue weighted by Crippen LogP contribution is 2.20. The number of alkyl halides is 1. The Morgan fingerprint density at radius 2 is 2.46 bits per heavy atom. The Balaban J connectivity index is 2.45. The van der Waals surface area contributed by atoms with Gasteiger partial charge in [-0.25, -0.2) is 4.98 Å². The first kappa shape index (κ1) is 8.25. The van der Waals surface area contributed by atoms with E-state index >= 15 is 0 Å². The fourth-order valence-corrected chi connectivity index (χ4v) is 1.21. The van der Waals surface area contributed by atoms with Crippen LogP contribution in [0, 0.1) is 0 Å². The Kier molecular flexibility index (Phi) is 2.02. The molecule has 0 spiro atoms. The second kappa shape index (κ2) is 3.18. The lowest BCUT2D eigenvalue weighted by molar-refractivity contribution is 0.566. The second-order valence-corrected chi connectivity index (χ2v) is 2.75. The molecule has 0 N–H and O–H groups in total. The van der Waals surface area contributed by atoms with E-state index in [9.17, 15) is 0 Å². The maximum absolute atomic E-state index is 5.65. The summed E-state index contributed by atoms with van der Waals surface area (Å²) in [6, 6.07) is 0. The van der Waals surface area contributed by atoms with Gasteiger partial charge < -0.3 is 4.42 Å². The van der Waals surface area contributed by atoms with E-state index in [0.29, 0.717) is 23.0 Å². The minimum Gasteiger partial charge on any atom is -0.441 e. The van der Waals surface area contributed by atoms with Crippen LogP contribution in [0.1, 0.15) is 5.69 Å². The molecule has 68 valence electrons. The predicted octanol–water partition coefficient (Wildman–Crippen LogP) is 1.21. The standard InChI is InChI=1S/C7H7ClN4O/c1-12-10-3-6(11-12)7-5(2-8)9-4-13-7/h3-4H,2H2,1H3. The SMILES string of the molecule is Cn1ncc(-c2ocnc2CCl)n1. The van der Waals surface area contributed by atoms with Crippen LogP contribution in [0.2, 0.25) is 0 Å². The Morgan fingerprint density at radius 1 is 1.62 bits per heavy atom. The highest BCUT2D eigenvalue weighted by molar-refractivity contribution is 6.17. The van der Waals surface area contributed by atoms with Crippen LogP contribution in [-0.2, 0) is 12.9 Å². The van der Waals surface area contributed by atoms with Crippen molar-refractivity contribution in [3.63, 3.8) is 0 Å². The van der Waals surface area contributed by atoms with Crippen LogP contribution in [0.5, 0.6) is 0 Å². The molecule has 0 aliphatic heterocycles. The summed E-state index contributed by atoms with van der Waals surface area (Å²) in [5.74, 6) is 0.894. The third-order valence-electron chi connectivity index (χ3n) is 1.60. The molecule has 2 rings (SSSR count). The molecule has 2 aromatic rings. The molecule has 0 saturated carbocycles. The molecule has 0 bridgehead atoms. The highest BCUT2D eigenvalue weighted by Gasteiger charge is 2.12. The van der Waals surface area contributed by atoms with E-state index in [-0.39, 0.29) is 0 Å². The average Bonchev–Trinajstić information content (AvgIpc) is 2.71. The second-order valence-electron chi connectivity index (χ2n) is 2.48. The van der Waals surface area contributed by atoms with Crippen LogP contribution < -0.4 is 0 Å². The number of rotatable bonds is 2. The summed E-state index contributed by atoms with van der Waals surface area (Å²) in [7, 11) is 1.74. The molecular formula is C7H7ClN4O. The molecule has 0 aliphatic rings. The average molecular weight is 199 g/mol. The van der Waals surface area contributed by atoms with Crippen molar-refractivity contribution in [2.24, 2.45) is 7.05 Å². The topological polar surface area (TPSA) is 56.7 Å². The maximum atomic E-state index is 5.65. The summed E-state index contributed by atoms with van der Waals surface area (Å²) < 4.78 is 5.14. The lowest BCUT2D eigenvalue weighted by Gasteiger charge is -1.90. The molecule has 0 saturated heterocycles. The summed E-state index contributed by atoms with van der Waals surface area (Å²) in [6.45, 7) is 0. The number of halogens is 1. The molecule has 6 heteroatoms. The number of aryl methyl sites for hydroxylation is 1. The molecule has 0 aromatic carbocycles. The number of nitrogens with zero attached hydrogens (tertiary/aromatic N) is 4. The van der Waals surface area contributed by atoms with Gasteiger partial charge in [0.15, 0.2) is 12.2 Å². The van der Waals surface area contributed by atoms with Gasteiger partial charge in [-0.1, -0.05) is 0 Å². The molecular weight excluding hydrogens is 192 g/mol. The van der Waals surface area contributed by atoms with Crippen LogP contribution in [0.4, 0.5) is 0 Å². The molecule has 5 nitrogen and oxygen atoms in total. The molecule has 0 aliphatic carbocycles. The van der Waals surface area contributed by atoms with E-state index in [2.05, 4.69) is 15.2 Å². The van der Waals surface area contributed by atoms with Crippen LogP contribution >= 0.6 is 11.6 Å². The molecule has 0 unspecified atom stereocenters. The number of aromatic nitrogens is 4. The molecule has 0 fully saturated rings. The van der Waals surface area contributed by atoms with Gasteiger partial charge in [-0.05, 0) is 0 Å². The zero-order valence-electron chi connectivity index (χ0n) is 6.94. The van der Waals surface area contributed by atoms with Crippen molar-refractivity contribution in [2.75, 3.05) is 0 Å². The zero-order chi connectivity index (χ0) is 9.26. The van der Waals surface area contributed by atoms with Crippen LogP contribution in [0.3, 0.4) is 0 Å². The predicted molar refractivity (Wildman–Crippen MR) is 46.1 cm³/mol. The minimum absolute atomic E-state index is 0.308. The summed E-state index contributed by atoms with van der Waals surface area (Å²) in [5.41, 5.74) is 1.33. The first-order valence-electron chi connectivity index (χ1n) is 3.66. The molecule has 0 radical (unpaired) electrons. The minimum atomic E-state index is 0.308. The highest BCUT2D eigenvalue weighted by atomic mass is 35.5. The van der Waals surface area contributed by atoms with E-state index in [4.69, 9.17) is 16.0 Å². The van der Waals surface area contributed by atoms with E-state index in [1.165, 1.54) is 11.2 Å². The van der Waals surface area contributed by atoms with Crippen molar-refractivity contribution in [3.8, 4) is 11.5 Å². The fourth-order valence-electron chi connectivity index (χ4n) is 1.02. The first-order valence-corrected chi connectivity index (χ1v) is 4.19. The van der Waals surface area contributed by atoms with Crippen LogP contribution in [-0.4, -0.2) is 20.0 Å². The van der Waals surface area contributed by atoms with Crippen molar-refractivity contribution >= 4 is 11.6 Å². The van der Waals surface area contributed by atoms with Gasteiger partial charge in [-0.3, -0.25) is 0 Å². The van der Waals surface area contributed by atoms with Crippen molar-refractivity contribution in [1.29, 1.82) is 0 Å².